The molecule has 1 aliphatic rings. The number of nitrogens with zero attached hydrogens (tertiary/aromatic N) is 1. The van der Waals surface area contributed by atoms with E-state index < -0.39 is 0 Å². The second kappa shape index (κ2) is 5.52. The lowest BCUT2D eigenvalue weighted by atomic mass is 10.1. The Morgan fingerprint density at radius 1 is 1.43 bits per heavy atom. The van der Waals surface area contributed by atoms with Crippen LogP contribution in [0.4, 0.5) is 11.4 Å². The van der Waals surface area contributed by atoms with Gasteiger partial charge in [0.1, 0.15) is 5.76 Å². The van der Waals surface area contributed by atoms with Crippen LogP contribution in [-0.4, -0.2) is 19.0 Å². The maximum Gasteiger partial charge on any atom is 0.251 e. The Morgan fingerprint density at radius 2 is 2.24 bits per heavy atom. The van der Waals surface area contributed by atoms with Gasteiger partial charge in [-0.1, -0.05) is 0 Å². The Bertz CT molecular complexity index is 633. The number of nitrogens with two attached hydrogens (primary N) is 1. The van der Waals surface area contributed by atoms with E-state index in [0.717, 1.165) is 24.3 Å². The van der Waals surface area contributed by atoms with E-state index in [-0.39, 0.29) is 5.91 Å². The first-order chi connectivity index (χ1) is 10.2. The van der Waals surface area contributed by atoms with Crippen molar-refractivity contribution in [3.05, 3.63) is 47.9 Å². The number of nitrogens with one attached hydrogen (secondary N) is 1. The molecule has 1 heterocycles. The molecule has 0 aliphatic heterocycles. The molecular weight excluding hydrogens is 266 g/mol. The van der Waals surface area contributed by atoms with Crippen LogP contribution in [0, 0.1) is 0 Å². The fourth-order valence-electron chi connectivity index (χ4n) is 2.47. The van der Waals surface area contributed by atoms with Crippen LogP contribution >= 0.6 is 0 Å². The fourth-order valence-corrected chi connectivity index (χ4v) is 2.47. The minimum absolute atomic E-state index is 0.128. The first kappa shape index (κ1) is 13.5. The molecule has 21 heavy (non-hydrogen) atoms. The van der Waals surface area contributed by atoms with Crippen molar-refractivity contribution in [3.8, 4) is 0 Å². The van der Waals surface area contributed by atoms with E-state index >= 15 is 0 Å². The summed E-state index contributed by atoms with van der Waals surface area (Å²) in [5.41, 5.74) is 8.31. The molecule has 0 saturated heterocycles. The van der Waals surface area contributed by atoms with Crippen molar-refractivity contribution in [2.45, 2.75) is 25.4 Å². The van der Waals surface area contributed by atoms with Crippen LogP contribution in [0.3, 0.4) is 0 Å². The Labute approximate surface area is 123 Å². The van der Waals surface area contributed by atoms with Crippen molar-refractivity contribution in [1.82, 2.24) is 5.32 Å². The van der Waals surface area contributed by atoms with Gasteiger partial charge in [0.05, 0.1) is 24.2 Å². The van der Waals surface area contributed by atoms with Crippen molar-refractivity contribution in [3.63, 3.8) is 0 Å². The molecule has 0 atom stereocenters. The zero-order chi connectivity index (χ0) is 14.8. The average Bonchev–Trinajstić information content (AvgIpc) is 3.21. The third kappa shape index (κ3) is 2.86. The quantitative estimate of drug-likeness (QED) is 0.827. The number of hydrogen-bond acceptors (Lipinski definition) is 4. The summed E-state index contributed by atoms with van der Waals surface area (Å²) in [5, 5.41) is 2.61. The van der Waals surface area contributed by atoms with Gasteiger partial charge in [0.25, 0.3) is 5.91 Å². The molecule has 1 saturated carbocycles. The number of benzene rings is 1. The van der Waals surface area contributed by atoms with Crippen molar-refractivity contribution >= 4 is 17.3 Å². The molecule has 3 rings (SSSR count). The Morgan fingerprint density at radius 3 is 2.81 bits per heavy atom. The van der Waals surface area contributed by atoms with Crippen LogP contribution in [0.5, 0.6) is 0 Å². The summed E-state index contributed by atoms with van der Waals surface area (Å²) in [5.74, 6) is 0.786. The Hall–Kier alpha value is -2.43. The number of carbonyl (C=O) groups excluding carboxylic acids is 1. The summed E-state index contributed by atoms with van der Waals surface area (Å²) in [6.07, 6.45) is 4.01. The van der Waals surface area contributed by atoms with Crippen molar-refractivity contribution in [2.24, 2.45) is 0 Å². The van der Waals surface area contributed by atoms with Crippen molar-refractivity contribution < 1.29 is 9.21 Å². The van der Waals surface area contributed by atoms with E-state index in [1.807, 2.05) is 24.3 Å². The minimum atomic E-state index is -0.128. The third-order valence-electron chi connectivity index (χ3n) is 3.72. The highest BCUT2D eigenvalue weighted by Gasteiger charge is 2.31. The molecule has 1 aliphatic carbocycles. The summed E-state index contributed by atoms with van der Waals surface area (Å²) in [6.45, 7) is 0.696. The van der Waals surface area contributed by atoms with Gasteiger partial charge in [0.2, 0.25) is 0 Å². The van der Waals surface area contributed by atoms with Crippen LogP contribution in [0.15, 0.2) is 41.0 Å². The predicted octanol–water partition coefficient (Wildman–Crippen LogP) is 2.39. The van der Waals surface area contributed by atoms with Gasteiger partial charge in [-0.25, -0.2) is 0 Å². The van der Waals surface area contributed by atoms with Gasteiger partial charge < -0.3 is 20.4 Å². The maximum atomic E-state index is 11.7. The SMILES string of the molecule is CNC(=O)c1ccc(N(Cc2ccco2)C2CC2)c(N)c1. The van der Waals surface area contributed by atoms with E-state index in [4.69, 9.17) is 10.2 Å². The van der Waals surface area contributed by atoms with Gasteiger partial charge in [-0.2, -0.15) is 0 Å². The molecule has 1 amide bonds. The van der Waals surface area contributed by atoms with E-state index in [2.05, 4.69) is 10.2 Å². The van der Waals surface area contributed by atoms with Gasteiger partial charge in [-0.05, 0) is 43.2 Å². The molecule has 5 heteroatoms. The highest BCUT2D eigenvalue weighted by molar-refractivity contribution is 5.96. The molecule has 0 unspecified atom stereocenters. The molecule has 5 nitrogen and oxygen atoms in total. The average molecular weight is 285 g/mol. The number of hydrogen-bond donors (Lipinski definition) is 2. The van der Waals surface area contributed by atoms with Crippen LogP contribution in [-0.2, 0) is 6.54 Å². The first-order valence-electron chi connectivity index (χ1n) is 7.09. The Balaban J connectivity index is 1.87. The van der Waals surface area contributed by atoms with Gasteiger partial charge in [0, 0.05) is 18.7 Å². The smallest absolute Gasteiger partial charge is 0.251 e. The molecule has 2 aromatic rings. The van der Waals surface area contributed by atoms with Gasteiger partial charge >= 0.3 is 0 Å². The maximum absolute atomic E-state index is 11.7. The van der Waals surface area contributed by atoms with Gasteiger partial charge in [0.15, 0.2) is 0 Å². The first-order valence-corrected chi connectivity index (χ1v) is 7.09. The van der Waals surface area contributed by atoms with Crippen LogP contribution < -0.4 is 16.0 Å². The van der Waals surface area contributed by atoms with Gasteiger partial charge in [-0.15, -0.1) is 0 Å². The lowest BCUT2D eigenvalue weighted by Crippen LogP contribution is -2.26. The monoisotopic (exact) mass is 285 g/mol. The number of furan rings is 1. The van der Waals surface area contributed by atoms with Crippen LogP contribution in [0.1, 0.15) is 29.0 Å². The third-order valence-corrected chi connectivity index (χ3v) is 3.72. The zero-order valence-electron chi connectivity index (χ0n) is 12.0. The van der Waals surface area contributed by atoms with Crippen LogP contribution in [0.25, 0.3) is 0 Å². The number of amides is 1. The summed E-state index contributed by atoms with van der Waals surface area (Å²) in [6, 6.07) is 9.81. The topological polar surface area (TPSA) is 71.5 Å². The molecule has 1 aromatic heterocycles. The van der Waals surface area contributed by atoms with Gasteiger partial charge in [-0.3, -0.25) is 4.79 Å². The molecule has 0 spiro atoms. The second-order valence-corrected chi connectivity index (χ2v) is 5.29. The fraction of sp³-hybridized carbons (Fsp3) is 0.312. The Kier molecular flexibility index (Phi) is 3.56. The second-order valence-electron chi connectivity index (χ2n) is 5.29. The van der Waals surface area contributed by atoms with Crippen molar-refractivity contribution in [2.75, 3.05) is 17.7 Å². The zero-order valence-corrected chi connectivity index (χ0v) is 12.0. The molecule has 0 radical (unpaired) electrons. The number of carbonyl (C=O) groups is 1. The standard InChI is InChI=1S/C16H19N3O2/c1-18-16(20)11-4-7-15(14(17)9-11)19(12-5-6-12)10-13-3-2-8-21-13/h2-4,7-9,12H,5-6,10,17H2,1H3,(H,18,20). The normalized spacial score (nSPS) is 14.0. The highest BCUT2D eigenvalue weighted by Crippen LogP contribution is 2.36. The van der Waals surface area contributed by atoms with E-state index in [0.29, 0.717) is 23.8 Å². The van der Waals surface area contributed by atoms with E-state index in [1.54, 1.807) is 19.4 Å². The molecular formula is C16H19N3O2. The largest absolute Gasteiger partial charge is 0.467 e. The lowest BCUT2D eigenvalue weighted by Gasteiger charge is -2.25. The summed E-state index contributed by atoms with van der Waals surface area (Å²) >= 11 is 0. The summed E-state index contributed by atoms with van der Waals surface area (Å²) in [7, 11) is 1.61. The minimum Gasteiger partial charge on any atom is -0.467 e. The number of nitrogen functional groups attached to an aromatic ring is 1. The van der Waals surface area contributed by atoms with Crippen molar-refractivity contribution in [1.29, 1.82) is 0 Å². The molecule has 1 aromatic carbocycles. The molecule has 1 fully saturated rings. The summed E-state index contributed by atoms with van der Waals surface area (Å²) < 4.78 is 5.44. The highest BCUT2D eigenvalue weighted by atomic mass is 16.3. The van der Waals surface area contributed by atoms with E-state index in [1.165, 1.54) is 0 Å². The lowest BCUT2D eigenvalue weighted by molar-refractivity contribution is 0.0963. The molecule has 3 N–H and O–H groups in total. The molecule has 0 bridgehead atoms. The number of anilines is 2. The van der Waals surface area contributed by atoms with E-state index in [9.17, 15) is 4.79 Å². The predicted molar refractivity (Wildman–Crippen MR) is 82.2 cm³/mol. The van der Waals surface area contributed by atoms with Crippen LogP contribution in [0.2, 0.25) is 0 Å². The summed E-state index contributed by atoms with van der Waals surface area (Å²) in [4.78, 5) is 13.9. The number of rotatable bonds is 5. The molecule has 110 valence electrons.